The van der Waals surface area contributed by atoms with Crippen LogP contribution in [0.4, 0.5) is 0 Å². The zero-order valence-electron chi connectivity index (χ0n) is 13.5. The summed E-state index contributed by atoms with van der Waals surface area (Å²) in [6.45, 7) is 9.09. The van der Waals surface area contributed by atoms with Gasteiger partial charge in [0.2, 0.25) is 0 Å². The fraction of sp³-hybridized carbons (Fsp3) is 1.00. The molecule has 0 aromatic carbocycles. The van der Waals surface area contributed by atoms with Crippen LogP contribution in [-0.2, 0) is 0 Å². The smallest absolute Gasteiger partial charge is 0.00670 e. The minimum atomic E-state index is 0.404. The Morgan fingerprint density at radius 1 is 1.05 bits per heavy atom. The van der Waals surface area contributed by atoms with Crippen LogP contribution in [0.15, 0.2) is 0 Å². The molecule has 0 aromatic rings. The summed E-state index contributed by atoms with van der Waals surface area (Å²) in [5, 5.41) is 3.78. The second-order valence-electron chi connectivity index (χ2n) is 7.43. The lowest BCUT2D eigenvalue weighted by molar-refractivity contribution is 0.209. The third-order valence-electron chi connectivity index (χ3n) is 4.76. The van der Waals surface area contributed by atoms with E-state index in [1.807, 2.05) is 0 Å². The first-order valence-electron chi connectivity index (χ1n) is 8.47. The minimum absolute atomic E-state index is 0.404. The molecular formula is C17H36N2. The second kappa shape index (κ2) is 8.97. The van der Waals surface area contributed by atoms with Crippen LogP contribution in [-0.4, -0.2) is 19.1 Å². The largest absolute Gasteiger partial charge is 0.330 e. The average molecular weight is 268 g/mol. The lowest BCUT2D eigenvalue weighted by Gasteiger charge is -2.31. The van der Waals surface area contributed by atoms with Crippen molar-refractivity contribution in [3.8, 4) is 0 Å². The van der Waals surface area contributed by atoms with E-state index in [-0.39, 0.29) is 0 Å². The number of nitrogens with one attached hydrogen (secondary N) is 1. The van der Waals surface area contributed by atoms with Crippen molar-refractivity contribution in [1.29, 1.82) is 0 Å². The molecule has 1 atom stereocenters. The van der Waals surface area contributed by atoms with Gasteiger partial charge in [0, 0.05) is 6.04 Å². The number of rotatable bonds is 7. The Morgan fingerprint density at radius 3 is 2.21 bits per heavy atom. The topological polar surface area (TPSA) is 38.0 Å². The Hall–Kier alpha value is -0.0800. The van der Waals surface area contributed by atoms with E-state index in [1.54, 1.807) is 0 Å². The summed E-state index contributed by atoms with van der Waals surface area (Å²) < 4.78 is 0. The molecule has 1 aliphatic carbocycles. The Morgan fingerprint density at radius 2 is 1.68 bits per heavy atom. The highest BCUT2D eigenvalue weighted by atomic mass is 14.9. The molecule has 0 saturated heterocycles. The summed E-state index contributed by atoms with van der Waals surface area (Å²) in [7, 11) is 0. The van der Waals surface area contributed by atoms with Crippen LogP contribution < -0.4 is 11.1 Å². The van der Waals surface area contributed by atoms with Gasteiger partial charge in [-0.3, -0.25) is 0 Å². The van der Waals surface area contributed by atoms with Gasteiger partial charge in [0.15, 0.2) is 0 Å². The predicted molar refractivity (Wildman–Crippen MR) is 85.3 cm³/mol. The highest BCUT2D eigenvalue weighted by Crippen LogP contribution is 2.31. The van der Waals surface area contributed by atoms with Gasteiger partial charge in [-0.2, -0.15) is 0 Å². The monoisotopic (exact) mass is 268 g/mol. The summed E-state index contributed by atoms with van der Waals surface area (Å²) in [4.78, 5) is 0. The van der Waals surface area contributed by atoms with Crippen molar-refractivity contribution >= 4 is 0 Å². The molecule has 2 heteroatoms. The minimum Gasteiger partial charge on any atom is -0.330 e. The molecular weight excluding hydrogens is 232 g/mol. The molecule has 0 heterocycles. The third-order valence-corrected chi connectivity index (χ3v) is 4.76. The van der Waals surface area contributed by atoms with Crippen molar-refractivity contribution in [3.63, 3.8) is 0 Å². The molecule has 3 N–H and O–H groups in total. The Bertz CT molecular complexity index is 212. The van der Waals surface area contributed by atoms with E-state index in [9.17, 15) is 0 Å². The molecule has 0 amide bonds. The van der Waals surface area contributed by atoms with E-state index < -0.39 is 0 Å². The lowest BCUT2D eigenvalue weighted by atomic mass is 9.76. The van der Waals surface area contributed by atoms with Crippen LogP contribution in [0.2, 0.25) is 0 Å². The van der Waals surface area contributed by atoms with Gasteiger partial charge in [0.1, 0.15) is 0 Å². The summed E-state index contributed by atoms with van der Waals surface area (Å²) in [6.07, 6.45) is 12.3. The SMILES string of the molecule is CC(C)(C)C(CCN)CCCNC1CCCCCC1. The third kappa shape index (κ3) is 7.31. The summed E-state index contributed by atoms with van der Waals surface area (Å²) >= 11 is 0. The van der Waals surface area contributed by atoms with Crippen molar-refractivity contribution < 1.29 is 0 Å². The summed E-state index contributed by atoms with van der Waals surface area (Å²) in [6, 6.07) is 0.796. The maximum atomic E-state index is 5.75. The van der Waals surface area contributed by atoms with E-state index in [0.717, 1.165) is 18.5 Å². The van der Waals surface area contributed by atoms with Crippen LogP contribution in [0.3, 0.4) is 0 Å². The van der Waals surface area contributed by atoms with E-state index >= 15 is 0 Å². The van der Waals surface area contributed by atoms with E-state index in [2.05, 4.69) is 26.1 Å². The zero-order valence-corrected chi connectivity index (χ0v) is 13.5. The van der Waals surface area contributed by atoms with Crippen molar-refractivity contribution in [3.05, 3.63) is 0 Å². The van der Waals surface area contributed by atoms with Gasteiger partial charge < -0.3 is 11.1 Å². The standard InChI is InChI=1S/C17H36N2/c1-17(2,3)15(12-13-18)9-8-14-19-16-10-6-4-5-7-11-16/h15-16,19H,4-14,18H2,1-3H3. The Kier molecular flexibility index (Phi) is 8.01. The molecule has 1 aliphatic rings. The molecule has 1 saturated carbocycles. The number of hydrogen-bond donors (Lipinski definition) is 2. The van der Waals surface area contributed by atoms with Gasteiger partial charge >= 0.3 is 0 Å². The van der Waals surface area contributed by atoms with Crippen molar-refractivity contribution in [1.82, 2.24) is 5.32 Å². The normalized spacial score (nSPS) is 20.2. The quantitative estimate of drug-likeness (QED) is 0.539. The van der Waals surface area contributed by atoms with Crippen LogP contribution >= 0.6 is 0 Å². The predicted octanol–water partition coefficient (Wildman–Crippen LogP) is 4.09. The summed E-state index contributed by atoms with van der Waals surface area (Å²) in [5.74, 6) is 0.772. The Labute approximate surface area is 120 Å². The van der Waals surface area contributed by atoms with Gasteiger partial charge in [-0.25, -0.2) is 0 Å². The van der Waals surface area contributed by atoms with Gasteiger partial charge in [-0.05, 0) is 56.5 Å². The molecule has 0 bridgehead atoms. The van der Waals surface area contributed by atoms with Gasteiger partial charge in [-0.1, -0.05) is 46.5 Å². The molecule has 1 unspecified atom stereocenters. The zero-order chi connectivity index (χ0) is 14.1. The van der Waals surface area contributed by atoms with E-state index in [4.69, 9.17) is 5.73 Å². The first-order chi connectivity index (χ1) is 9.04. The average Bonchev–Trinajstić information content (AvgIpc) is 2.60. The van der Waals surface area contributed by atoms with E-state index in [0.29, 0.717) is 5.41 Å². The fourth-order valence-corrected chi connectivity index (χ4v) is 3.35. The maximum absolute atomic E-state index is 5.75. The number of nitrogens with two attached hydrogens (primary N) is 1. The van der Waals surface area contributed by atoms with Gasteiger partial charge in [-0.15, -0.1) is 0 Å². The molecule has 114 valence electrons. The highest BCUT2D eigenvalue weighted by Gasteiger charge is 2.23. The first-order valence-corrected chi connectivity index (χ1v) is 8.47. The maximum Gasteiger partial charge on any atom is 0.00670 e. The Balaban J connectivity index is 2.17. The van der Waals surface area contributed by atoms with Gasteiger partial charge in [0.25, 0.3) is 0 Å². The van der Waals surface area contributed by atoms with Crippen LogP contribution in [0.1, 0.15) is 78.6 Å². The molecule has 0 aromatic heterocycles. The fourth-order valence-electron chi connectivity index (χ4n) is 3.35. The molecule has 0 aliphatic heterocycles. The molecule has 0 radical (unpaired) electrons. The molecule has 0 spiro atoms. The second-order valence-corrected chi connectivity index (χ2v) is 7.43. The molecule has 1 rings (SSSR count). The highest BCUT2D eigenvalue weighted by molar-refractivity contribution is 4.76. The molecule has 19 heavy (non-hydrogen) atoms. The van der Waals surface area contributed by atoms with Crippen LogP contribution in [0.25, 0.3) is 0 Å². The molecule has 2 nitrogen and oxygen atoms in total. The first kappa shape index (κ1) is 17.0. The van der Waals surface area contributed by atoms with E-state index in [1.165, 1.54) is 64.3 Å². The van der Waals surface area contributed by atoms with Crippen LogP contribution in [0, 0.1) is 11.3 Å². The lowest BCUT2D eigenvalue weighted by Crippen LogP contribution is -2.30. The van der Waals surface area contributed by atoms with Crippen molar-refractivity contribution in [2.24, 2.45) is 17.1 Å². The van der Waals surface area contributed by atoms with Crippen molar-refractivity contribution in [2.45, 2.75) is 84.6 Å². The van der Waals surface area contributed by atoms with Gasteiger partial charge in [0.05, 0.1) is 0 Å². The number of hydrogen-bond acceptors (Lipinski definition) is 2. The van der Waals surface area contributed by atoms with Crippen molar-refractivity contribution in [2.75, 3.05) is 13.1 Å². The molecule has 1 fully saturated rings. The summed E-state index contributed by atoms with van der Waals surface area (Å²) in [5.41, 5.74) is 6.15. The van der Waals surface area contributed by atoms with Crippen LogP contribution in [0.5, 0.6) is 0 Å².